The summed E-state index contributed by atoms with van der Waals surface area (Å²) in [6.45, 7) is 9.49. The van der Waals surface area contributed by atoms with Crippen LogP contribution in [0.3, 0.4) is 0 Å². The lowest BCUT2D eigenvalue weighted by atomic mass is 9.87. The Balaban J connectivity index is 1.53. The topological polar surface area (TPSA) is 50.6 Å². The fourth-order valence-electron chi connectivity index (χ4n) is 5.06. The molecule has 1 aromatic heterocycles. The average Bonchev–Trinajstić information content (AvgIpc) is 3.41. The zero-order valence-corrected chi connectivity index (χ0v) is 17.8. The molecule has 29 heavy (non-hydrogen) atoms. The van der Waals surface area contributed by atoms with Gasteiger partial charge in [0.05, 0.1) is 31.1 Å². The smallest absolute Gasteiger partial charge is 0.225 e. The fraction of sp³-hybridized carbons (Fsp3) is 0.565. The van der Waals surface area contributed by atoms with Crippen LogP contribution in [0.2, 0.25) is 0 Å². The molecule has 0 bridgehead atoms. The van der Waals surface area contributed by atoms with Gasteiger partial charge in [-0.3, -0.25) is 9.69 Å². The highest BCUT2D eigenvalue weighted by atomic mass is 16.5. The second-order valence-electron chi connectivity index (χ2n) is 8.40. The molecule has 2 aliphatic heterocycles. The summed E-state index contributed by atoms with van der Waals surface area (Å²) >= 11 is 0. The van der Waals surface area contributed by atoms with Gasteiger partial charge in [0.2, 0.25) is 5.91 Å². The number of aryl methyl sites for hydroxylation is 2. The maximum Gasteiger partial charge on any atom is 0.225 e. The highest BCUT2D eigenvalue weighted by Crippen LogP contribution is 2.46. The summed E-state index contributed by atoms with van der Waals surface area (Å²) in [5, 5.41) is 0. The Morgan fingerprint density at radius 2 is 2.07 bits per heavy atom. The summed E-state index contributed by atoms with van der Waals surface area (Å²) in [5.41, 5.74) is 3.69. The quantitative estimate of drug-likeness (QED) is 0.722. The molecule has 6 heteroatoms. The first-order chi connectivity index (χ1) is 14.1. The van der Waals surface area contributed by atoms with Crippen molar-refractivity contribution in [1.29, 1.82) is 0 Å². The van der Waals surface area contributed by atoms with E-state index < -0.39 is 0 Å². The summed E-state index contributed by atoms with van der Waals surface area (Å²) in [7, 11) is 1.66. The van der Waals surface area contributed by atoms with Crippen LogP contribution in [0.1, 0.15) is 36.2 Å². The van der Waals surface area contributed by atoms with Gasteiger partial charge < -0.3 is 14.2 Å². The molecule has 2 aliphatic rings. The van der Waals surface area contributed by atoms with E-state index >= 15 is 0 Å². The van der Waals surface area contributed by atoms with E-state index in [0.29, 0.717) is 24.9 Å². The van der Waals surface area contributed by atoms with E-state index in [0.717, 1.165) is 38.4 Å². The number of benzene rings is 1. The molecule has 0 aliphatic carbocycles. The average molecular weight is 397 g/mol. The largest absolute Gasteiger partial charge is 0.384 e. The minimum Gasteiger partial charge on any atom is -0.384 e. The third-order valence-electron chi connectivity index (χ3n) is 6.52. The van der Waals surface area contributed by atoms with Gasteiger partial charge in [0.25, 0.3) is 0 Å². The van der Waals surface area contributed by atoms with Gasteiger partial charge in [0.15, 0.2) is 0 Å². The highest BCUT2D eigenvalue weighted by Gasteiger charge is 2.49. The van der Waals surface area contributed by atoms with Crippen LogP contribution in [0, 0.1) is 18.8 Å². The molecule has 156 valence electrons. The molecule has 1 aromatic carbocycles. The molecule has 0 radical (unpaired) electrons. The van der Waals surface area contributed by atoms with Gasteiger partial charge in [0.1, 0.15) is 0 Å². The van der Waals surface area contributed by atoms with E-state index in [1.165, 1.54) is 11.1 Å². The van der Waals surface area contributed by atoms with Crippen molar-refractivity contribution in [3.05, 3.63) is 53.6 Å². The number of ether oxygens (including phenoxy) is 1. The molecule has 2 aromatic rings. The van der Waals surface area contributed by atoms with Gasteiger partial charge in [0, 0.05) is 51.9 Å². The van der Waals surface area contributed by atoms with Crippen molar-refractivity contribution in [2.24, 2.45) is 11.8 Å². The minimum absolute atomic E-state index is 0.156. The van der Waals surface area contributed by atoms with E-state index in [1.807, 2.05) is 6.33 Å². The van der Waals surface area contributed by atoms with E-state index in [-0.39, 0.29) is 11.9 Å². The van der Waals surface area contributed by atoms with Crippen molar-refractivity contribution in [3.8, 4) is 0 Å². The molecule has 3 heterocycles. The second kappa shape index (κ2) is 8.67. The van der Waals surface area contributed by atoms with Crippen LogP contribution in [0.15, 0.2) is 36.8 Å². The van der Waals surface area contributed by atoms with E-state index in [9.17, 15) is 4.79 Å². The van der Waals surface area contributed by atoms with Crippen molar-refractivity contribution in [1.82, 2.24) is 19.4 Å². The van der Waals surface area contributed by atoms with Crippen LogP contribution in [0.4, 0.5) is 0 Å². The SMILES string of the molecule is CCn1cnc(CN2C[C@H]3CN(C(=O)CCOC)[C@@H](c4ccccc4C)[C@H]3C2)c1. The number of imidazole rings is 1. The van der Waals surface area contributed by atoms with Crippen LogP contribution < -0.4 is 0 Å². The number of methoxy groups -OCH3 is 1. The number of rotatable bonds is 7. The second-order valence-corrected chi connectivity index (χ2v) is 8.40. The van der Waals surface area contributed by atoms with Crippen molar-refractivity contribution in [3.63, 3.8) is 0 Å². The van der Waals surface area contributed by atoms with Crippen LogP contribution in [-0.2, 0) is 22.6 Å². The molecule has 0 N–H and O–H groups in total. The first-order valence-electron chi connectivity index (χ1n) is 10.7. The number of amides is 1. The zero-order chi connectivity index (χ0) is 20.4. The number of hydrogen-bond donors (Lipinski definition) is 0. The lowest BCUT2D eigenvalue weighted by molar-refractivity contribution is -0.133. The van der Waals surface area contributed by atoms with Crippen LogP contribution >= 0.6 is 0 Å². The number of carbonyl (C=O) groups excluding carboxylic acids is 1. The monoisotopic (exact) mass is 396 g/mol. The first-order valence-corrected chi connectivity index (χ1v) is 10.7. The van der Waals surface area contributed by atoms with Crippen molar-refractivity contribution in [2.75, 3.05) is 33.4 Å². The number of fused-ring (bicyclic) bond motifs is 1. The molecule has 2 fully saturated rings. The molecule has 6 nitrogen and oxygen atoms in total. The number of nitrogens with zero attached hydrogens (tertiary/aromatic N) is 4. The Morgan fingerprint density at radius 3 is 2.79 bits per heavy atom. The zero-order valence-electron chi connectivity index (χ0n) is 17.8. The molecular formula is C23H32N4O2. The van der Waals surface area contributed by atoms with Crippen LogP contribution in [-0.4, -0.2) is 58.6 Å². The van der Waals surface area contributed by atoms with Crippen LogP contribution in [0.25, 0.3) is 0 Å². The molecule has 0 spiro atoms. The van der Waals surface area contributed by atoms with Crippen molar-refractivity contribution < 1.29 is 9.53 Å². The van der Waals surface area contributed by atoms with Crippen molar-refractivity contribution in [2.45, 2.75) is 39.4 Å². The van der Waals surface area contributed by atoms with Gasteiger partial charge >= 0.3 is 0 Å². The summed E-state index contributed by atoms with van der Waals surface area (Å²) in [5.74, 6) is 1.19. The maximum absolute atomic E-state index is 13.0. The molecule has 1 amide bonds. The standard InChI is InChI=1S/C23H32N4O2/c1-4-25-13-19(24-16-25)14-26-11-18-12-27(22(28)9-10-29-3)23(21(18)15-26)20-8-6-5-7-17(20)2/h5-8,13,16,18,21,23H,4,9-12,14-15H2,1-3H3/t18-,21-,23-/m0/s1. The summed E-state index contributed by atoms with van der Waals surface area (Å²) in [4.78, 5) is 22.2. The third-order valence-corrected chi connectivity index (χ3v) is 6.52. The van der Waals surface area contributed by atoms with Gasteiger partial charge in [-0.1, -0.05) is 24.3 Å². The fourth-order valence-corrected chi connectivity index (χ4v) is 5.06. The molecule has 3 atom stereocenters. The summed E-state index contributed by atoms with van der Waals surface area (Å²) in [6.07, 6.45) is 4.52. The van der Waals surface area contributed by atoms with Crippen LogP contribution in [0.5, 0.6) is 0 Å². The number of carbonyl (C=O) groups is 1. The Labute approximate surface area is 173 Å². The molecule has 4 rings (SSSR count). The summed E-state index contributed by atoms with van der Waals surface area (Å²) in [6, 6.07) is 8.68. The van der Waals surface area contributed by atoms with E-state index in [4.69, 9.17) is 4.74 Å². The molecule has 0 unspecified atom stereocenters. The lowest BCUT2D eigenvalue weighted by Gasteiger charge is -2.31. The Hall–Kier alpha value is -2.18. The molecule has 0 saturated carbocycles. The molecule has 2 saturated heterocycles. The Bertz CT molecular complexity index is 849. The maximum atomic E-state index is 13.0. The Kier molecular flexibility index (Phi) is 6.01. The Morgan fingerprint density at radius 1 is 1.24 bits per heavy atom. The van der Waals surface area contributed by atoms with Gasteiger partial charge in [-0.25, -0.2) is 4.98 Å². The summed E-state index contributed by atoms with van der Waals surface area (Å²) < 4.78 is 7.28. The number of hydrogen-bond acceptors (Lipinski definition) is 4. The molecular weight excluding hydrogens is 364 g/mol. The minimum atomic E-state index is 0.156. The first kappa shape index (κ1) is 20.1. The lowest BCUT2D eigenvalue weighted by Crippen LogP contribution is -2.36. The van der Waals surface area contributed by atoms with Gasteiger partial charge in [-0.05, 0) is 30.9 Å². The predicted molar refractivity (Wildman–Crippen MR) is 112 cm³/mol. The number of likely N-dealkylation sites (tertiary alicyclic amines) is 2. The van der Waals surface area contributed by atoms with Gasteiger partial charge in [-0.2, -0.15) is 0 Å². The predicted octanol–water partition coefficient (Wildman–Crippen LogP) is 2.88. The van der Waals surface area contributed by atoms with E-state index in [1.54, 1.807) is 7.11 Å². The normalized spacial score (nSPS) is 24.2. The van der Waals surface area contributed by atoms with E-state index in [2.05, 4.69) is 63.7 Å². The van der Waals surface area contributed by atoms with Gasteiger partial charge in [-0.15, -0.1) is 0 Å². The number of aromatic nitrogens is 2. The van der Waals surface area contributed by atoms with Crippen molar-refractivity contribution >= 4 is 5.91 Å². The highest BCUT2D eigenvalue weighted by molar-refractivity contribution is 5.77. The third kappa shape index (κ3) is 4.09.